The van der Waals surface area contributed by atoms with E-state index in [1.54, 1.807) is 18.2 Å². The summed E-state index contributed by atoms with van der Waals surface area (Å²) in [6.45, 7) is 5.73. The Balaban J connectivity index is 2.25. The number of amides is 1. The number of halogens is 4. The van der Waals surface area contributed by atoms with E-state index in [2.05, 4.69) is 26.1 Å². The number of hydrogen-bond acceptors (Lipinski definition) is 3. The predicted octanol–water partition coefficient (Wildman–Crippen LogP) is 5.86. The number of carbonyl (C=O) groups excluding carboxylic acids is 1. The first-order valence-electron chi connectivity index (χ1n) is 8.84. The number of alkyl halides is 3. The molecular weight excluding hydrogens is 447 g/mol. The molecule has 0 heterocycles. The average Bonchev–Trinajstić information content (AvgIpc) is 2.68. The molecule has 152 valence electrons. The van der Waals surface area contributed by atoms with E-state index in [-0.39, 0.29) is 11.3 Å². The summed E-state index contributed by atoms with van der Waals surface area (Å²) in [6.07, 6.45) is -3.13. The van der Waals surface area contributed by atoms with Gasteiger partial charge in [0.1, 0.15) is 11.6 Å². The molecule has 0 spiro atoms. The Kier molecular flexibility index (Phi) is 7.46. The highest BCUT2D eigenvalue weighted by atomic mass is 79.9. The van der Waals surface area contributed by atoms with Gasteiger partial charge in [0.05, 0.1) is 11.3 Å². The highest BCUT2D eigenvalue weighted by molar-refractivity contribution is 9.10. The SMILES string of the molecule is CCN(CC)c1ccc(/C=C(/C#N)C(=O)Nc2cccc(C(F)(F)F)c2)cc1Br. The molecule has 2 rings (SSSR count). The second-order valence-corrected chi connectivity index (χ2v) is 6.94. The third-order valence-electron chi connectivity index (χ3n) is 4.20. The number of rotatable bonds is 6. The Hall–Kier alpha value is -2.79. The van der Waals surface area contributed by atoms with Crippen LogP contribution in [0, 0.1) is 11.3 Å². The van der Waals surface area contributed by atoms with Crippen LogP contribution in [0.3, 0.4) is 0 Å². The highest BCUT2D eigenvalue weighted by Gasteiger charge is 2.30. The molecule has 4 nitrogen and oxygen atoms in total. The Morgan fingerprint density at radius 1 is 1.21 bits per heavy atom. The van der Waals surface area contributed by atoms with Crippen molar-refractivity contribution < 1.29 is 18.0 Å². The maximum Gasteiger partial charge on any atom is 0.416 e. The van der Waals surface area contributed by atoms with Gasteiger partial charge in [-0.25, -0.2) is 0 Å². The number of nitrogens with one attached hydrogen (secondary N) is 1. The molecule has 2 aromatic carbocycles. The van der Waals surface area contributed by atoms with Crippen LogP contribution < -0.4 is 10.2 Å². The van der Waals surface area contributed by atoms with E-state index in [0.29, 0.717) is 5.56 Å². The summed E-state index contributed by atoms with van der Waals surface area (Å²) in [7, 11) is 0. The van der Waals surface area contributed by atoms with Crippen LogP contribution in [0.1, 0.15) is 25.0 Å². The molecule has 0 aliphatic heterocycles. The van der Waals surface area contributed by atoms with E-state index >= 15 is 0 Å². The third kappa shape index (κ3) is 5.84. The van der Waals surface area contributed by atoms with Gasteiger partial charge in [-0.2, -0.15) is 18.4 Å². The fourth-order valence-electron chi connectivity index (χ4n) is 2.72. The van der Waals surface area contributed by atoms with Gasteiger partial charge in [-0.3, -0.25) is 4.79 Å². The molecule has 1 amide bonds. The van der Waals surface area contributed by atoms with Crippen molar-refractivity contribution in [1.29, 1.82) is 5.26 Å². The molecule has 0 saturated heterocycles. The zero-order valence-electron chi connectivity index (χ0n) is 15.8. The number of benzene rings is 2. The summed E-state index contributed by atoms with van der Waals surface area (Å²) in [5, 5.41) is 11.7. The molecule has 0 fully saturated rings. The van der Waals surface area contributed by atoms with Crippen LogP contribution in [0.4, 0.5) is 24.5 Å². The van der Waals surface area contributed by atoms with Crippen LogP contribution in [-0.4, -0.2) is 19.0 Å². The van der Waals surface area contributed by atoms with Crippen molar-refractivity contribution in [2.75, 3.05) is 23.3 Å². The molecule has 8 heteroatoms. The van der Waals surface area contributed by atoms with Crippen molar-refractivity contribution in [3.8, 4) is 6.07 Å². The highest BCUT2D eigenvalue weighted by Crippen LogP contribution is 2.31. The topological polar surface area (TPSA) is 56.1 Å². The molecular formula is C21H19BrF3N3O. The number of anilines is 2. The lowest BCUT2D eigenvalue weighted by molar-refractivity contribution is -0.137. The summed E-state index contributed by atoms with van der Waals surface area (Å²) in [4.78, 5) is 14.5. The fraction of sp³-hybridized carbons (Fsp3) is 0.238. The first-order chi connectivity index (χ1) is 13.7. The Bertz CT molecular complexity index is 960. The molecule has 0 saturated carbocycles. The predicted molar refractivity (Wildman–Crippen MR) is 111 cm³/mol. The molecule has 0 radical (unpaired) electrons. The van der Waals surface area contributed by atoms with E-state index < -0.39 is 17.6 Å². The van der Waals surface area contributed by atoms with Crippen LogP contribution in [0.2, 0.25) is 0 Å². The van der Waals surface area contributed by atoms with Crippen molar-refractivity contribution in [2.45, 2.75) is 20.0 Å². The second kappa shape index (κ2) is 9.61. The number of hydrogen-bond donors (Lipinski definition) is 1. The van der Waals surface area contributed by atoms with E-state index in [1.807, 2.05) is 19.9 Å². The first-order valence-corrected chi connectivity index (χ1v) is 9.63. The van der Waals surface area contributed by atoms with Gasteiger partial charge < -0.3 is 10.2 Å². The molecule has 2 aromatic rings. The van der Waals surface area contributed by atoms with E-state index in [9.17, 15) is 23.2 Å². The van der Waals surface area contributed by atoms with Gasteiger partial charge in [0.2, 0.25) is 0 Å². The van der Waals surface area contributed by atoms with Gasteiger partial charge in [0, 0.05) is 23.2 Å². The minimum Gasteiger partial charge on any atom is -0.371 e. The lowest BCUT2D eigenvalue weighted by Gasteiger charge is -2.22. The Morgan fingerprint density at radius 3 is 2.45 bits per heavy atom. The summed E-state index contributed by atoms with van der Waals surface area (Å²) in [5.41, 5.74) is 0.463. The molecule has 0 bridgehead atoms. The monoisotopic (exact) mass is 465 g/mol. The van der Waals surface area contributed by atoms with Crippen molar-refractivity contribution in [3.63, 3.8) is 0 Å². The quantitative estimate of drug-likeness (QED) is 0.429. The fourth-order valence-corrected chi connectivity index (χ4v) is 3.37. The van der Waals surface area contributed by atoms with Gasteiger partial charge in [-0.05, 0) is 71.7 Å². The van der Waals surface area contributed by atoms with Gasteiger partial charge in [-0.15, -0.1) is 0 Å². The average molecular weight is 466 g/mol. The van der Waals surface area contributed by atoms with E-state index in [1.165, 1.54) is 18.2 Å². The molecule has 0 aliphatic rings. The van der Waals surface area contributed by atoms with Crippen molar-refractivity contribution >= 4 is 39.3 Å². The van der Waals surface area contributed by atoms with Crippen molar-refractivity contribution in [2.24, 2.45) is 0 Å². The second-order valence-electron chi connectivity index (χ2n) is 6.09. The van der Waals surface area contributed by atoms with Crippen LogP contribution in [0.15, 0.2) is 52.5 Å². The normalized spacial score (nSPS) is 11.7. The third-order valence-corrected chi connectivity index (χ3v) is 4.83. The first kappa shape index (κ1) is 22.5. The number of carbonyl (C=O) groups is 1. The van der Waals surface area contributed by atoms with Crippen LogP contribution in [-0.2, 0) is 11.0 Å². The zero-order valence-corrected chi connectivity index (χ0v) is 17.4. The molecule has 29 heavy (non-hydrogen) atoms. The summed E-state index contributed by atoms with van der Waals surface area (Å²) in [5.74, 6) is -0.782. The molecule has 0 unspecified atom stereocenters. The van der Waals surface area contributed by atoms with Crippen molar-refractivity contribution in [3.05, 3.63) is 63.6 Å². The Labute approximate surface area is 175 Å². The largest absolute Gasteiger partial charge is 0.416 e. The molecule has 1 N–H and O–H groups in total. The molecule has 0 aliphatic carbocycles. The van der Waals surface area contributed by atoms with Crippen LogP contribution in [0.25, 0.3) is 6.08 Å². The maximum absolute atomic E-state index is 12.8. The van der Waals surface area contributed by atoms with Crippen LogP contribution in [0.5, 0.6) is 0 Å². The van der Waals surface area contributed by atoms with Gasteiger partial charge in [0.15, 0.2) is 0 Å². The summed E-state index contributed by atoms with van der Waals surface area (Å²) in [6, 6.07) is 11.5. The van der Waals surface area contributed by atoms with Crippen LogP contribution >= 0.6 is 15.9 Å². The maximum atomic E-state index is 12.8. The number of nitrogens with zero attached hydrogens (tertiary/aromatic N) is 2. The number of nitriles is 1. The molecule has 0 atom stereocenters. The Morgan fingerprint density at radius 2 is 1.90 bits per heavy atom. The lowest BCUT2D eigenvalue weighted by Crippen LogP contribution is -2.22. The van der Waals surface area contributed by atoms with E-state index in [0.717, 1.165) is 35.4 Å². The molecule has 0 aromatic heterocycles. The standard InChI is InChI=1S/C21H19BrF3N3O/c1-3-28(4-2)19-9-8-14(11-18(19)22)10-15(13-26)20(29)27-17-7-5-6-16(12-17)21(23,24)25/h5-12H,3-4H2,1-2H3,(H,27,29)/b15-10-. The van der Waals surface area contributed by atoms with E-state index in [4.69, 9.17) is 0 Å². The minimum atomic E-state index is -4.52. The zero-order chi connectivity index (χ0) is 21.6. The smallest absolute Gasteiger partial charge is 0.371 e. The van der Waals surface area contributed by atoms with Gasteiger partial charge in [-0.1, -0.05) is 12.1 Å². The van der Waals surface area contributed by atoms with Gasteiger partial charge >= 0.3 is 6.18 Å². The lowest BCUT2D eigenvalue weighted by atomic mass is 10.1. The minimum absolute atomic E-state index is 0.0379. The summed E-state index contributed by atoms with van der Waals surface area (Å²) < 4.78 is 39.2. The summed E-state index contributed by atoms with van der Waals surface area (Å²) >= 11 is 3.50. The van der Waals surface area contributed by atoms with Gasteiger partial charge in [0.25, 0.3) is 5.91 Å². The van der Waals surface area contributed by atoms with Crippen molar-refractivity contribution in [1.82, 2.24) is 0 Å².